The second-order valence-corrected chi connectivity index (χ2v) is 9.33. The number of esters is 1. The summed E-state index contributed by atoms with van der Waals surface area (Å²) in [7, 11) is 3.94. The van der Waals surface area contributed by atoms with Crippen molar-refractivity contribution in [2.24, 2.45) is 4.99 Å². The summed E-state index contributed by atoms with van der Waals surface area (Å²) in [5.41, 5.74) is 4.52. The first-order valence-corrected chi connectivity index (χ1v) is 12.2. The molecule has 0 spiro atoms. The first-order chi connectivity index (χ1) is 16.2. The van der Waals surface area contributed by atoms with E-state index in [9.17, 15) is 9.59 Å². The maximum absolute atomic E-state index is 12.7. The fourth-order valence-electron chi connectivity index (χ4n) is 3.45. The number of benzene rings is 2. The molecule has 9 heteroatoms. The summed E-state index contributed by atoms with van der Waals surface area (Å²) in [6.45, 7) is 5.72. The van der Waals surface area contributed by atoms with Crippen molar-refractivity contribution >= 4 is 51.8 Å². The van der Waals surface area contributed by atoms with Gasteiger partial charge in [-0.2, -0.15) is 0 Å². The van der Waals surface area contributed by atoms with E-state index in [1.807, 2.05) is 63.2 Å². The number of anilines is 2. The van der Waals surface area contributed by atoms with Gasteiger partial charge in [-0.05, 0) is 56.2 Å². The standard InChI is InChI=1S/C25H29ClN4O3S/c1-6-33-24(32)22-16(3)27-25(29-23(22)17-10-12-18(13-11-17)30(4)5)34-14-21(31)28-20-9-7-8-19(26)15(20)2/h7-13,23H,6,14H2,1-5H3,(H,27,29)(H,28,31)/t23-/m1/s1. The van der Waals surface area contributed by atoms with Gasteiger partial charge in [-0.25, -0.2) is 9.79 Å². The summed E-state index contributed by atoms with van der Waals surface area (Å²) in [5, 5.41) is 7.20. The van der Waals surface area contributed by atoms with Gasteiger partial charge in [0.15, 0.2) is 5.17 Å². The Morgan fingerprint density at radius 1 is 1.18 bits per heavy atom. The predicted octanol–water partition coefficient (Wildman–Crippen LogP) is 4.92. The fourth-order valence-corrected chi connectivity index (χ4v) is 4.37. The molecule has 0 aromatic heterocycles. The summed E-state index contributed by atoms with van der Waals surface area (Å²) in [6.07, 6.45) is 0. The van der Waals surface area contributed by atoms with Gasteiger partial charge < -0.3 is 20.3 Å². The van der Waals surface area contributed by atoms with E-state index in [4.69, 9.17) is 21.3 Å². The Kier molecular flexibility index (Phi) is 8.63. The molecule has 7 nitrogen and oxygen atoms in total. The van der Waals surface area contributed by atoms with Gasteiger partial charge in [0.25, 0.3) is 0 Å². The Labute approximate surface area is 209 Å². The third-order valence-electron chi connectivity index (χ3n) is 5.32. The number of hydrogen-bond acceptors (Lipinski definition) is 7. The highest BCUT2D eigenvalue weighted by Gasteiger charge is 2.30. The van der Waals surface area contributed by atoms with Crippen LogP contribution in [0.3, 0.4) is 0 Å². The number of nitrogens with one attached hydrogen (secondary N) is 2. The van der Waals surface area contributed by atoms with Crippen molar-refractivity contribution in [2.45, 2.75) is 26.8 Å². The number of nitrogens with zero attached hydrogens (tertiary/aromatic N) is 2. The van der Waals surface area contributed by atoms with E-state index in [0.29, 0.717) is 27.1 Å². The quantitative estimate of drug-likeness (QED) is 0.525. The molecule has 0 radical (unpaired) electrons. The highest BCUT2D eigenvalue weighted by molar-refractivity contribution is 8.14. The molecule has 1 aliphatic rings. The molecule has 1 heterocycles. The lowest BCUT2D eigenvalue weighted by molar-refractivity contribution is -0.139. The molecular weight excluding hydrogens is 472 g/mol. The van der Waals surface area contributed by atoms with Crippen molar-refractivity contribution in [2.75, 3.05) is 36.7 Å². The van der Waals surface area contributed by atoms with E-state index in [-0.39, 0.29) is 18.3 Å². The highest BCUT2D eigenvalue weighted by Crippen LogP contribution is 2.34. The molecular formula is C25H29ClN4O3S. The summed E-state index contributed by atoms with van der Waals surface area (Å²) in [6, 6.07) is 12.7. The van der Waals surface area contributed by atoms with Gasteiger partial charge in [-0.15, -0.1) is 0 Å². The molecule has 0 saturated heterocycles. The lowest BCUT2D eigenvalue weighted by Crippen LogP contribution is -2.31. The van der Waals surface area contributed by atoms with Crippen molar-refractivity contribution in [3.05, 3.63) is 69.9 Å². The smallest absolute Gasteiger partial charge is 0.338 e. The van der Waals surface area contributed by atoms with Crippen LogP contribution in [-0.2, 0) is 14.3 Å². The van der Waals surface area contributed by atoms with Gasteiger partial charge in [0.1, 0.15) is 6.04 Å². The van der Waals surface area contributed by atoms with Crippen molar-refractivity contribution in [3.8, 4) is 0 Å². The number of allylic oxidation sites excluding steroid dienone is 1. The summed E-state index contributed by atoms with van der Waals surface area (Å²) in [5.74, 6) is -0.438. The number of halogens is 1. The zero-order chi connectivity index (χ0) is 24.8. The summed E-state index contributed by atoms with van der Waals surface area (Å²) >= 11 is 7.42. The average molecular weight is 501 g/mol. The zero-order valence-electron chi connectivity index (χ0n) is 19.9. The molecule has 2 aromatic carbocycles. The molecule has 0 unspecified atom stereocenters. The SMILES string of the molecule is CCOC(=O)C1=C(C)NC(SCC(=O)Nc2cccc(Cl)c2C)=N[C@@H]1c1ccc(N(C)C)cc1. The first-order valence-electron chi connectivity index (χ1n) is 10.9. The maximum atomic E-state index is 12.7. The number of hydrogen-bond donors (Lipinski definition) is 2. The molecule has 180 valence electrons. The van der Waals surface area contributed by atoms with Gasteiger partial charge in [0, 0.05) is 36.2 Å². The molecule has 0 aliphatic carbocycles. The number of aliphatic imine (C=N–C) groups is 1. The Morgan fingerprint density at radius 2 is 1.88 bits per heavy atom. The van der Waals surface area contributed by atoms with E-state index >= 15 is 0 Å². The third-order valence-corrected chi connectivity index (χ3v) is 6.62. The van der Waals surface area contributed by atoms with Crippen LogP contribution in [0.1, 0.15) is 31.0 Å². The minimum Gasteiger partial charge on any atom is -0.463 e. The number of carbonyl (C=O) groups excluding carboxylic acids is 2. The number of amides is 1. The van der Waals surface area contributed by atoms with Crippen LogP contribution < -0.4 is 15.5 Å². The minimum absolute atomic E-state index is 0.145. The van der Waals surface area contributed by atoms with E-state index in [1.54, 1.807) is 19.1 Å². The second-order valence-electron chi connectivity index (χ2n) is 7.96. The minimum atomic E-state index is -0.530. The van der Waals surface area contributed by atoms with Crippen molar-refractivity contribution < 1.29 is 14.3 Å². The largest absolute Gasteiger partial charge is 0.463 e. The first kappa shape index (κ1) is 25.6. The number of amidine groups is 1. The Balaban J connectivity index is 1.79. The van der Waals surface area contributed by atoms with E-state index in [0.717, 1.165) is 16.8 Å². The van der Waals surface area contributed by atoms with E-state index in [2.05, 4.69) is 10.6 Å². The zero-order valence-corrected chi connectivity index (χ0v) is 21.5. The molecule has 2 N–H and O–H groups in total. The lowest BCUT2D eigenvalue weighted by Gasteiger charge is -2.26. The van der Waals surface area contributed by atoms with Crippen LogP contribution in [-0.4, -0.2) is 43.5 Å². The monoisotopic (exact) mass is 500 g/mol. The molecule has 34 heavy (non-hydrogen) atoms. The molecule has 0 saturated carbocycles. The predicted molar refractivity (Wildman–Crippen MR) is 141 cm³/mol. The van der Waals surface area contributed by atoms with E-state index in [1.165, 1.54) is 11.8 Å². The van der Waals surface area contributed by atoms with Crippen LogP contribution in [0.15, 0.2) is 58.7 Å². The van der Waals surface area contributed by atoms with Crippen molar-refractivity contribution in [1.82, 2.24) is 5.32 Å². The van der Waals surface area contributed by atoms with Gasteiger partial charge in [0.2, 0.25) is 5.91 Å². The third kappa shape index (κ3) is 6.12. The lowest BCUT2D eigenvalue weighted by atomic mass is 9.96. The molecule has 1 atom stereocenters. The van der Waals surface area contributed by atoms with Crippen LogP contribution in [0.2, 0.25) is 5.02 Å². The maximum Gasteiger partial charge on any atom is 0.338 e. The molecule has 0 fully saturated rings. The fraction of sp³-hybridized carbons (Fsp3) is 0.320. The van der Waals surface area contributed by atoms with Crippen LogP contribution in [0, 0.1) is 6.92 Å². The highest BCUT2D eigenvalue weighted by atomic mass is 35.5. The number of ether oxygens (including phenoxy) is 1. The van der Waals surface area contributed by atoms with Gasteiger partial charge in [-0.1, -0.05) is 41.6 Å². The summed E-state index contributed by atoms with van der Waals surface area (Å²) < 4.78 is 5.29. The van der Waals surface area contributed by atoms with Gasteiger partial charge >= 0.3 is 5.97 Å². The van der Waals surface area contributed by atoms with Crippen LogP contribution in [0.25, 0.3) is 0 Å². The molecule has 1 aliphatic heterocycles. The van der Waals surface area contributed by atoms with Crippen molar-refractivity contribution in [3.63, 3.8) is 0 Å². The van der Waals surface area contributed by atoms with Crippen LogP contribution in [0.4, 0.5) is 11.4 Å². The van der Waals surface area contributed by atoms with E-state index < -0.39 is 12.0 Å². The Hall–Kier alpha value is -2.97. The molecule has 2 aromatic rings. The second kappa shape index (κ2) is 11.4. The number of rotatable bonds is 7. The Morgan fingerprint density at radius 3 is 2.53 bits per heavy atom. The summed E-state index contributed by atoms with van der Waals surface area (Å²) in [4.78, 5) is 32.1. The topological polar surface area (TPSA) is 83.0 Å². The Bertz CT molecular complexity index is 1130. The van der Waals surface area contributed by atoms with Crippen LogP contribution >= 0.6 is 23.4 Å². The molecule has 1 amide bonds. The number of carbonyl (C=O) groups is 2. The molecule has 0 bridgehead atoms. The average Bonchev–Trinajstić information content (AvgIpc) is 2.80. The van der Waals surface area contributed by atoms with Gasteiger partial charge in [-0.3, -0.25) is 4.79 Å². The molecule has 3 rings (SSSR count). The normalized spacial score (nSPS) is 15.4. The van der Waals surface area contributed by atoms with Crippen molar-refractivity contribution in [1.29, 1.82) is 0 Å². The van der Waals surface area contributed by atoms with Gasteiger partial charge in [0.05, 0.1) is 17.9 Å². The number of thioether (sulfide) groups is 1. The van der Waals surface area contributed by atoms with Crippen LogP contribution in [0.5, 0.6) is 0 Å².